The van der Waals surface area contributed by atoms with Gasteiger partial charge in [0, 0.05) is 12.2 Å². The zero-order valence-corrected chi connectivity index (χ0v) is 10.7. The maximum Gasteiger partial charge on any atom is 0.323 e. The molecule has 0 spiro atoms. The first-order valence-electron chi connectivity index (χ1n) is 5.92. The van der Waals surface area contributed by atoms with Gasteiger partial charge in [-0.3, -0.25) is 9.48 Å². The number of carboxylic acids is 1. The molecule has 1 aromatic heterocycles. The van der Waals surface area contributed by atoms with E-state index in [0.717, 1.165) is 17.8 Å². The van der Waals surface area contributed by atoms with Crippen LogP contribution in [0.2, 0.25) is 0 Å². The molecule has 1 aromatic rings. The van der Waals surface area contributed by atoms with Gasteiger partial charge in [-0.2, -0.15) is 5.10 Å². The average molecular weight is 239 g/mol. The lowest BCUT2D eigenvalue weighted by Crippen LogP contribution is -2.47. The fraction of sp³-hybridized carbons (Fsp3) is 0.667. The summed E-state index contributed by atoms with van der Waals surface area (Å²) in [6, 6.07) is 2.01. The van der Waals surface area contributed by atoms with Gasteiger partial charge in [0.2, 0.25) is 0 Å². The Morgan fingerprint density at radius 1 is 1.59 bits per heavy atom. The number of hydrogen-bond acceptors (Lipinski definition) is 3. The van der Waals surface area contributed by atoms with Gasteiger partial charge in [-0.05, 0) is 39.2 Å². The molecule has 17 heavy (non-hydrogen) atoms. The number of carboxylic acid groups (broad SMARTS) is 1. The molecule has 0 saturated heterocycles. The highest BCUT2D eigenvalue weighted by molar-refractivity contribution is 5.78. The van der Waals surface area contributed by atoms with E-state index in [1.54, 1.807) is 6.92 Å². The van der Waals surface area contributed by atoms with Crippen molar-refractivity contribution in [2.75, 3.05) is 0 Å². The molecule has 1 unspecified atom stereocenters. The maximum absolute atomic E-state index is 11.0. The highest BCUT2D eigenvalue weighted by Gasteiger charge is 2.30. The van der Waals surface area contributed by atoms with Crippen LogP contribution in [0, 0.1) is 13.8 Å². The van der Waals surface area contributed by atoms with Crippen LogP contribution < -0.4 is 5.73 Å². The van der Waals surface area contributed by atoms with Crippen LogP contribution in [0.3, 0.4) is 0 Å². The van der Waals surface area contributed by atoms with Crippen molar-refractivity contribution in [3.63, 3.8) is 0 Å². The third-order valence-corrected chi connectivity index (χ3v) is 3.15. The minimum Gasteiger partial charge on any atom is -0.480 e. The Labute approximate surface area is 102 Å². The van der Waals surface area contributed by atoms with Crippen LogP contribution in [0.4, 0.5) is 0 Å². The topological polar surface area (TPSA) is 81.1 Å². The first-order chi connectivity index (χ1) is 7.89. The first kappa shape index (κ1) is 13.7. The molecule has 1 atom stereocenters. The molecule has 1 heterocycles. The molecular formula is C12H21N3O2. The number of nitrogens with two attached hydrogens (primary N) is 1. The second-order valence-corrected chi connectivity index (χ2v) is 4.57. The lowest BCUT2D eigenvalue weighted by atomic mass is 9.92. The van der Waals surface area contributed by atoms with Crippen molar-refractivity contribution in [1.29, 1.82) is 0 Å². The summed E-state index contributed by atoms with van der Waals surface area (Å²) in [6.45, 7) is 6.45. The van der Waals surface area contributed by atoms with Gasteiger partial charge in [-0.25, -0.2) is 0 Å². The Morgan fingerprint density at radius 2 is 2.24 bits per heavy atom. The van der Waals surface area contributed by atoms with Crippen LogP contribution in [-0.2, 0) is 11.3 Å². The summed E-state index contributed by atoms with van der Waals surface area (Å²) in [5.41, 5.74) is 6.79. The molecule has 0 aliphatic carbocycles. The van der Waals surface area contributed by atoms with Crippen molar-refractivity contribution in [3.8, 4) is 0 Å². The Bertz CT molecular complexity index is 400. The number of aromatic nitrogens is 2. The van der Waals surface area contributed by atoms with Crippen LogP contribution in [0.5, 0.6) is 0 Å². The Morgan fingerprint density at radius 3 is 2.65 bits per heavy atom. The monoisotopic (exact) mass is 239 g/mol. The molecule has 0 saturated carbocycles. The lowest BCUT2D eigenvalue weighted by Gasteiger charge is -2.22. The van der Waals surface area contributed by atoms with Crippen molar-refractivity contribution in [2.24, 2.45) is 5.73 Å². The molecule has 0 fully saturated rings. The third kappa shape index (κ3) is 3.30. The van der Waals surface area contributed by atoms with E-state index in [2.05, 4.69) is 5.10 Å². The van der Waals surface area contributed by atoms with E-state index in [1.807, 2.05) is 24.6 Å². The van der Waals surface area contributed by atoms with Gasteiger partial charge in [-0.1, -0.05) is 6.92 Å². The summed E-state index contributed by atoms with van der Waals surface area (Å²) >= 11 is 0. The molecule has 5 nitrogen and oxygen atoms in total. The highest BCUT2D eigenvalue weighted by atomic mass is 16.4. The van der Waals surface area contributed by atoms with Crippen LogP contribution in [0.15, 0.2) is 6.07 Å². The van der Waals surface area contributed by atoms with Gasteiger partial charge < -0.3 is 10.8 Å². The molecular weight excluding hydrogens is 218 g/mol. The molecule has 96 valence electrons. The third-order valence-electron chi connectivity index (χ3n) is 3.15. The molecule has 0 amide bonds. The van der Waals surface area contributed by atoms with E-state index in [9.17, 15) is 4.79 Å². The van der Waals surface area contributed by atoms with Crippen LogP contribution in [-0.4, -0.2) is 26.4 Å². The number of carbonyl (C=O) groups is 1. The Hall–Kier alpha value is -1.36. The number of nitrogens with zero attached hydrogens (tertiary/aromatic N) is 2. The Balaban J connectivity index is 2.52. The van der Waals surface area contributed by atoms with Crippen molar-refractivity contribution < 1.29 is 9.90 Å². The summed E-state index contributed by atoms with van der Waals surface area (Å²) < 4.78 is 1.90. The number of aryl methyl sites for hydroxylation is 3. The van der Waals surface area contributed by atoms with Gasteiger partial charge in [0.25, 0.3) is 0 Å². The summed E-state index contributed by atoms with van der Waals surface area (Å²) in [4.78, 5) is 11.0. The summed E-state index contributed by atoms with van der Waals surface area (Å²) in [6.07, 6.45) is 1.63. The van der Waals surface area contributed by atoms with E-state index >= 15 is 0 Å². The molecule has 0 aliphatic rings. The fourth-order valence-electron chi connectivity index (χ4n) is 1.88. The van der Waals surface area contributed by atoms with Crippen molar-refractivity contribution in [3.05, 3.63) is 17.5 Å². The summed E-state index contributed by atoms with van der Waals surface area (Å²) in [7, 11) is 0. The molecule has 0 aliphatic heterocycles. The maximum atomic E-state index is 11.0. The second kappa shape index (κ2) is 5.31. The average Bonchev–Trinajstić information content (AvgIpc) is 2.57. The van der Waals surface area contributed by atoms with E-state index in [-0.39, 0.29) is 0 Å². The molecule has 0 bridgehead atoms. The SMILES string of the molecule is CCC(N)(CCCn1nc(C)cc1C)C(=O)O. The second-order valence-electron chi connectivity index (χ2n) is 4.57. The smallest absolute Gasteiger partial charge is 0.323 e. The zero-order valence-electron chi connectivity index (χ0n) is 10.7. The van der Waals surface area contributed by atoms with E-state index < -0.39 is 11.5 Å². The van der Waals surface area contributed by atoms with Crippen molar-refractivity contribution >= 4 is 5.97 Å². The van der Waals surface area contributed by atoms with Gasteiger partial charge in [0.1, 0.15) is 5.54 Å². The molecule has 3 N–H and O–H groups in total. The largest absolute Gasteiger partial charge is 0.480 e. The molecule has 0 aromatic carbocycles. The van der Waals surface area contributed by atoms with Gasteiger partial charge >= 0.3 is 5.97 Å². The summed E-state index contributed by atoms with van der Waals surface area (Å²) in [5, 5.41) is 13.4. The minimum absolute atomic E-state index is 0.444. The van der Waals surface area contributed by atoms with Gasteiger partial charge in [0.15, 0.2) is 0 Å². The zero-order chi connectivity index (χ0) is 13.1. The predicted molar refractivity (Wildman–Crippen MR) is 65.8 cm³/mol. The van der Waals surface area contributed by atoms with E-state index in [0.29, 0.717) is 19.4 Å². The minimum atomic E-state index is -1.10. The van der Waals surface area contributed by atoms with E-state index in [1.165, 1.54) is 0 Å². The Kier molecular flexibility index (Phi) is 4.28. The van der Waals surface area contributed by atoms with E-state index in [4.69, 9.17) is 10.8 Å². The van der Waals surface area contributed by atoms with Crippen LogP contribution in [0.25, 0.3) is 0 Å². The molecule has 5 heteroatoms. The van der Waals surface area contributed by atoms with Gasteiger partial charge in [-0.15, -0.1) is 0 Å². The normalized spacial score (nSPS) is 14.6. The first-order valence-corrected chi connectivity index (χ1v) is 5.92. The predicted octanol–water partition coefficient (Wildman–Crippen LogP) is 1.47. The van der Waals surface area contributed by atoms with Gasteiger partial charge in [0.05, 0.1) is 5.69 Å². The molecule has 0 radical (unpaired) electrons. The van der Waals surface area contributed by atoms with Crippen LogP contribution >= 0.6 is 0 Å². The lowest BCUT2D eigenvalue weighted by molar-refractivity contribution is -0.143. The van der Waals surface area contributed by atoms with Crippen molar-refractivity contribution in [2.45, 2.75) is 52.1 Å². The highest BCUT2D eigenvalue weighted by Crippen LogP contribution is 2.15. The molecule has 1 rings (SSSR count). The summed E-state index contributed by atoms with van der Waals surface area (Å²) in [5.74, 6) is -0.923. The van der Waals surface area contributed by atoms with Crippen molar-refractivity contribution in [1.82, 2.24) is 9.78 Å². The number of hydrogen-bond donors (Lipinski definition) is 2. The standard InChI is InChI=1S/C12H21N3O2/c1-4-12(13,11(16)17)6-5-7-15-10(3)8-9(2)14-15/h8H,4-7,13H2,1-3H3,(H,16,17). The number of aliphatic carboxylic acids is 1. The van der Waals surface area contributed by atoms with Crippen LogP contribution in [0.1, 0.15) is 37.6 Å². The quantitative estimate of drug-likeness (QED) is 0.787. The fourth-order valence-corrected chi connectivity index (χ4v) is 1.88. The number of rotatable bonds is 6.